The van der Waals surface area contributed by atoms with E-state index >= 15 is 0 Å². The van der Waals surface area contributed by atoms with E-state index in [4.69, 9.17) is 0 Å². The van der Waals surface area contributed by atoms with E-state index in [1.807, 2.05) is 49.3 Å². The summed E-state index contributed by atoms with van der Waals surface area (Å²) in [5.41, 5.74) is 3.87. The topological polar surface area (TPSA) is 58.4 Å². The molecule has 0 unspecified atom stereocenters. The number of piperazine rings is 1. The molecule has 31 heavy (non-hydrogen) atoms. The van der Waals surface area contributed by atoms with Gasteiger partial charge in [-0.05, 0) is 42.3 Å². The molecule has 1 aliphatic heterocycles. The zero-order valence-electron chi connectivity index (χ0n) is 17.7. The van der Waals surface area contributed by atoms with Crippen molar-refractivity contribution in [2.24, 2.45) is 7.05 Å². The molecule has 1 saturated heterocycles. The van der Waals surface area contributed by atoms with E-state index < -0.39 is 0 Å². The van der Waals surface area contributed by atoms with Gasteiger partial charge < -0.3 is 4.90 Å². The highest BCUT2D eigenvalue weighted by atomic mass is 19.1. The molecule has 1 fully saturated rings. The van der Waals surface area contributed by atoms with Gasteiger partial charge >= 0.3 is 0 Å². The zero-order chi connectivity index (χ0) is 22.0. The Labute approximate surface area is 180 Å². The standard InChI is InChI=1S/C24H25FN4O2/c1-17-5-3-4-6-20(17)21-15-27(2)26-23(21)24(31)29-13-11-28(12-14-29)16-22(30)18-7-9-19(25)10-8-18/h3-10,15H,11-14,16H2,1-2H3. The van der Waals surface area contributed by atoms with Crippen LogP contribution in [0.5, 0.6) is 0 Å². The maximum Gasteiger partial charge on any atom is 0.275 e. The lowest BCUT2D eigenvalue weighted by molar-refractivity contribution is 0.0619. The van der Waals surface area contributed by atoms with Crippen LogP contribution >= 0.6 is 0 Å². The van der Waals surface area contributed by atoms with Gasteiger partial charge in [0.05, 0.1) is 6.54 Å². The molecule has 0 spiro atoms. The molecule has 3 aromatic rings. The maximum atomic E-state index is 13.2. The van der Waals surface area contributed by atoms with E-state index in [0.29, 0.717) is 37.4 Å². The van der Waals surface area contributed by atoms with Crippen molar-refractivity contribution in [3.05, 3.63) is 77.4 Å². The quantitative estimate of drug-likeness (QED) is 0.595. The fourth-order valence-electron chi connectivity index (χ4n) is 3.91. The molecule has 7 heteroatoms. The first-order chi connectivity index (χ1) is 14.9. The number of rotatable bonds is 5. The highest BCUT2D eigenvalue weighted by Crippen LogP contribution is 2.27. The predicted molar refractivity (Wildman–Crippen MR) is 116 cm³/mol. The van der Waals surface area contributed by atoms with Gasteiger partial charge in [0.25, 0.3) is 5.91 Å². The van der Waals surface area contributed by atoms with Gasteiger partial charge in [-0.1, -0.05) is 24.3 Å². The summed E-state index contributed by atoms with van der Waals surface area (Å²) < 4.78 is 14.7. The molecule has 0 atom stereocenters. The second-order valence-corrected chi connectivity index (χ2v) is 7.88. The Kier molecular flexibility index (Phi) is 5.95. The number of amides is 1. The Morgan fingerprint density at radius 1 is 0.968 bits per heavy atom. The zero-order valence-corrected chi connectivity index (χ0v) is 17.7. The normalized spacial score (nSPS) is 14.6. The highest BCUT2D eigenvalue weighted by Gasteiger charge is 2.27. The molecule has 4 rings (SSSR count). The molecule has 0 radical (unpaired) electrons. The third-order valence-corrected chi connectivity index (χ3v) is 5.66. The van der Waals surface area contributed by atoms with E-state index in [2.05, 4.69) is 5.10 Å². The minimum Gasteiger partial charge on any atom is -0.335 e. The van der Waals surface area contributed by atoms with Crippen LogP contribution in [0.3, 0.4) is 0 Å². The molecule has 1 amide bonds. The highest BCUT2D eigenvalue weighted by molar-refractivity contribution is 5.99. The van der Waals surface area contributed by atoms with E-state index in [-0.39, 0.29) is 24.1 Å². The van der Waals surface area contributed by atoms with Crippen LogP contribution in [0.15, 0.2) is 54.7 Å². The lowest BCUT2D eigenvalue weighted by atomic mass is 10.0. The number of halogens is 1. The molecule has 0 N–H and O–H groups in total. The summed E-state index contributed by atoms with van der Waals surface area (Å²) in [5.74, 6) is -0.502. The summed E-state index contributed by atoms with van der Waals surface area (Å²) in [4.78, 5) is 29.5. The number of carbonyl (C=O) groups is 2. The van der Waals surface area contributed by atoms with E-state index in [1.54, 1.807) is 9.58 Å². The number of aryl methyl sites for hydroxylation is 2. The lowest BCUT2D eigenvalue weighted by Gasteiger charge is -2.34. The van der Waals surface area contributed by atoms with Gasteiger partial charge in [-0.15, -0.1) is 0 Å². The van der Waals surface area contributed by atoms with E-state index in [1.165, 1.54) is 24.3 Å². The summed E-state index contributed by atoms with van der Waals surface area (Å²) in [6.45, 7) is 4.54. The van der Waals surface area contributed by atoms with Gasteiger partial charge in [0.15, 0.2) is 11.5 Å². The van der Waals surface area contributed by atoms with Crippen LogP contribution in [0.2, 0.25) is 0 Å². The number of benzene rings is 2. The molecule has 2 heterocycles. The second kappa shape index (κ2) is 8.81. The summed E-state index contributed by atoms with van der Waals surface area (Å²) in [6, 6.07) is 13.6. The first-order valence-electron chi connectivity index (χ1n) is 10.3. The van der Waals surface area contributed by atoms with Crippen molar-refractivity contribution in [1.29, 1.82) is 0 Å². The van der Waals surface area contributed by atoms with Crippen molar-refractivity contribution < 1.29 is 14.0 Å². The van der Waals surface area contributed by atoms with Crippen molar-refractivity contribution in [3.8, 4) is 11.1 Å². The second-order valence-electron chi connectivity index (χ2n) is 7.88. The summed E-state index contributed by atoms with van der Waals surface area (Å²) >= 11 is 0. The average molecular weight is 420 g/mol. The molecule has 2 aromatic carbocycles. The number of aromatic nitrogens is 2. The molecule has 1 aromatic heterocycles. The van der Waals surface area contributed by atoms with Crippen molar-refractivity contribution in [2.45, 2.75) is 6.92 Å². The molecule has 0 aliphatic carbocycles. The number of nitrogens with zero attached hydrogens (tertiary/aromatic N) is 4. The van der Waals surface area contributed by atoms with E-state index in [0.717, 1.165) is 16.7 Å². The van der Waals surface area contributed by atoms with Crippen molar-refractivity contribution >= 4 is 11.7 Å². The van der Waals surface area contributed by atoms with Gasteiger partial charge in [-0.2, -0.15) is 5.10 Å². The monoisotopic (exact) mass is 420 g/mol. The van der Waals surface area contributed by atoms with Crippen molar-refractivity contribution in [3.63, 3.8) is 0 Å². The van der Waals surface area contributed by atoms with Crippen molar-refractivity contribution in [2.75, 3.05) is 32.7 Å². The molecule has 6 nitrogen and oxygen atoms in total. The number of hydrogen-bond acceptors (Lipinski definition) is 4. The Hall–Kier alpha value is -3.32. The Bertz CT molecular complexity index is 1100. The summed E-state index contributed by atoms with van der Waals surface area (Å²) in [6.07, 6.45) is 1.88. The number of Topliss-reactive ketones (excluding diaryl/α,β-unsaturated/α-hetero) is 1. The number of carbonyl (C=O) groups excluding carboxylic acids is 2. The van der Waals surface area contributed by atoms with Gasteiger partial charge in [-0.25, -0.2) is 4.39 Å². The van der Waals surface area contributed by atoms with Crippen LogP contribution in [0, 0.1) is 12.7 Å². The minimum absolute atomic E-state index is 0.0497. The predicted octanol–water partition coefficient (Wildman–Crippen LogP) is 3.18. The smallest absolute Gasteiger partial charge is 0.275 e. The average Bonchev–Trinajstić information content (AvgIpc) is 3.16. The number of ketones is 1. The minimum atomic E-state index is -0.358. The van der Waals surface area contributed by atoms with Crippen LogP contribution < -0.4 is 0 Å². The van der Waals surface area contributed by atoms with Gasteiger partial charge in [0.2, 0.25) is 0 Å². The van der Waals surface area contributed by atoms with Crippen LogP contribution in [-0.4, -0.2) is 64.0 Å². The van der Waals surface area contributed by atoms with Gasteiger partial charge in [-0.3, -0.25) is 19.2 Å². The largest absolute Gasteiger partial charge is 0.335 e. The van der Waals surface area contributed by atoms with Gasteiger partial charge in [0, 0.05) is 50.6 Å². The third-order valence-electron chi connectivity index (χ3n) is 5.66. The molecule has 160 valence electrons. The molecular formula is C24H25FN4O2. The molecular weight excluding hydrogens is 395 g/mol. The summed E-state index contributed by atoms with van der Waals surface area (Å²) in [5, 5.41) is 4.44. The maximum absolute atomic E-state index is 13.2. The SMILES string of the molecule is Cc1ccccc1-c1cn(C)nc1C(=O)N1CCN(CC(=O)c2ccc(F)cc2)CC1. The van der Waals surface area contributed by atoms with Crippen LogP contribution in [-0.2, 0) is 7.05 Å². The Morgan fingerprint density at radius 3 is 2.32 bits per heavy atom. The lowest BCUT2D eigenvalue weighted by Crippen LogP contribution is -2.50. The molecule has 0 saturated carbocycles. The van der Waals surface area contributed by atoms with Crippen LogP contribution in [0.4, 0.5) is 4.39 Å². The molecule has 1 aliphatic rings. The van der Waals surface area contributed by atoms with Crippen LogP contribution in [0.1, 0.15) is 26.4 Å². The Morgan fingerprint density at radius 2 is 1.65 bits per heavy atom. The fraction of sp³-hybridized carbons (Fsp3) is 0.292. The fourth-order valence-corrected chi connectivity index (χ4v) is 3.91. The first-order valence-corrected chi connectivity index (χ1v) is 10.3. The Balaban J connectivity index is 1.42. The summed E-state index contributed by atoms with van der Waals surface area (Å²) in [7, 11) is 1.82. The van der Waals surface area contributed by atoms with E-state index in [9.17, 15) is 14.0 Å². The molecule has 0 bridgehead atoms. The first kappa shape index (κ1) is 20.9. The third kappa shape index (κ3) is 4.56. The number of hydrogen-bond donors (Lipinski definition) is 0. The van der Waals surface area contributed by atoms with Gasteiger partial charge in [0.1, 0.15) is 5.82 Å². The van der Waals surface area contributed by atoms with Crippen LogP contribution in [0.25, 0.3) is 11.1 Å². The van der Waals surface area contributed by atoms with Crippen molar-refractivity contribution in [1.82, 2.24) is 19.6 Å².